The summed E-state index contributed by atoms with van der Waals surface area (Å²) in [5.41, 5.74) is 4.38. The maximum Gasteiger partial charge on any atom is 0.191 e. The van der Waals surface area contributed by atoms with Crippen molar-refractivity contribution in [2.24, 2.45) is 4.99 Å². The number of nitrogens with zero attached hydrogens (tertiary/aromatic N) is 3. The minimum absolute atomic E-state index is 0.654. The number of hydrogen-bond donors (Lipinski definition) is 2. The molecule has 0 unspecified atom stereocenters. The van der Waals surface area contributed by atoms with Crippen molar-refractivity contribution >= 4 is 5.96 Å². The van der Waals surface area contributed by atoms with E-state index in [0.29, 0.717) is 18.7 Å². The van der Waals surface area contributed by atoms with Gasteiger partial charge in [-0.1, -0.05) is 36.4 Å². The minimum Gasteiger partial charge on any atom is -0.379 e. The molecule has 0 spiro atoms. The van der Waals surface area contributed by atoms with Gasteiger partial charge in [0.2, 0.25) is 0 Å². The third-order valence-electron chi connectivity index (χ3n) is 4.83. The lowest BCUT2D eigenvalue weighted by Gasteiger charge is -2.27. The van der Waals surface area contributed by atoms with Crippen LogP contribution in [0.3, 0.4) is 0 Å². The molecule has 0 atom stereocenters. The molecule has 1 heterocycles. The van der Waals surface area contributed by atoms with Crippen LogP contribution in [-0.4, -0.2) is 44.2 Å². The zero-order chi connectivity index (χ0) is 19.6. The normalized spacial score (nSPS) is 15.1. The summed E-state index contributed by atoms with van der Waals surface area (Å²) in [5, 5.41) is 15.6. The van der Waals surface area contributed by atoms with Crippen LogP contribution in [0.4, 0.5) is 0 Å². The Morgan fingerprint density at radius 1 is 1.04 bits per heavy atom. The fourth-order valence-electron chi connectivity index (χ4n) is 3.17. The largest absolute Gasteiger partial charge is 0.379 e. The molecule has 0 aliphatic carbocycles. The lowest BCUT2D eigenvalue weighted by atomic mass is 10.1. The third-order valence-corrected chi connectivity index (χ3v) is 4.83. The number of nitrogens with one attached hydrogen (secondary N) is 2. The van der Waals surface area contributed by atoms with Gasteiger partial charge in [0.15, 0.2) is 5.96 Å². The van der Waals surface area contributed by atoms with E-state index in [1.54, 1.807) is 7.05 Å². The predicted molar refractivity (Wildman–Crippen MR) is 111 cm³/mol. The van der Waals surface area contributed by atoms with E-state index in [9.17, 15) is 0 Å². The standard InChI is InChI=1S/C22H27N5O/c1-24-22(25-15-19-8-6-18(14-23)7-9-19)26-16-20-4-2-3-5-21(20)17-27-10-12-28-13-11-27/h2-9H,10-13,15-17H2,1H3,(H2,24,25,26). The average molecular weight is 377 g/mol. The van der Waals surface area contributed by atoms with Crippen LogP contribution in [0, 0.1) is 11.3 Å². The summed E-state index contributed by atoms with van der Waals surface area (Å²) in [7, 11) is 1.77. The molecule has 6 nitrogen and oxygen atoms in total. The average Bonchev–Trinajstić information content (AvgIpc) is 2.76. The number of rotatable bonds is 6. The van der Waals surface area contributed by atoms with Crippen LogP contribution in [0.1, 0.15) is 22.3 Å². The van der Waals surface area contributed by atoms with Gasteiger partial charge in [-0.15, -0.1) is 0 Å². The number of hydrogen-bond acceptors (Lipinski definition) is 4. The Morgan fingerprint density at radius 2 is 1.71 bits per heavy atom. The van der Waals surface area contributed by atoms with Gasteiger partial charge in [0.05, 0.1) is 24.8 Å². The van der Waals surface area contributed by atoms with Gasteiger partial charge in [-0.05, 0) is 28.8 Å². The molecular weight excluding hydrogens is 350 g/mol. The zero-order valence-corrected chi connectivity index (χ0v) is 16.3. The van der Waals surface area contributed by atoms with Crippen molar-refractivity contribution in [2.45, 2.75) is 19.6 Å². The first kappa shape index (κ1) is 19.9. The lowest BCUT2D eigenvalue weighted by Crippen LogP contribution is -2.37. The van der Waals surface area contributed by atoms with Crippen LogP contribution in [-0.2, 0) is 24.4 Å². The van der Waals surface area contributed by atoms with Gasteiger partial charge in [-0.2, -0.15) is 5.26 Å². The second-order valence-electron chi connectivity index (χ2n) is 6.75. The first-order valence-electron chi connectivity index (χ1n) is 9.59. The molecule has 2 N–H and O–H groups in total. The summed E-state index contributed by atoms with van der Waals surface area (Å²) in [6, 6.07) is 18.2. The molecule has 146 valence electrons. The molecule has 28 heavy (non-hydrogen) atoms. The fraction of sp³-hybridized carbons (Fsp3) is 0.364. The molecule has 6 heteroatoms. The Morgan fingerprint density at radius 3 is 2.39 bits per heavy atom. The lowest BCUT2D eigenvalue weighted by molar-refractivity contribution is 0.0341. The molecule has 0 bridgehead atoms. The van der Waals surface area contributed by atoms with E-state index in [4.69, 9.17) is 10.00 Å². The molecule has 0 saturated carbocycles. The van der Waals surface area contributed by atoms with E-state index in [2.05, 4.69) is 50.9 Å². The van der Waals surface area contributed by atoms with Crippen molar-refractivity contribution in [3.63, 3.8) is 0 Å². The molecule has 3 rings (SSSR count). The second-order valence-corrected chi connectivity index (χ2v) is 6.75. The SMILES string of the molecule is CN=C(NCc1ccc(C#N)cc1)NCc1ccccc1CN1CCOCC1. The molecule has 2 aromatic carbocycles. The van der Waals surface area contributed by atoms with Crippen LogP contribution in [0.2, 0.25) is 0 Å². The fourth-order valence-corrected chi connectivity index (χ4v) is 3.17. The van der Waals surface area contributed by atoms with E-state index >= 15 is 0 Å². The van der Waals surface area contributed by atoms with Crippen molar-refractivity contribution in [1.29, 1.82) is 5.26 Å². The quantitative estimate of drug-likeness (QED) is 0.597. The number of benzene rings is 2. The van der Waals surface area contributed by atoms with Gasteiger partial charge < -0.3 is 15.4 Å². The van der Waals surface area contributed by atoms with E-state index in [1.165, 1.54) is 11.1 Å². The van der Waals surface area contributed by atoms with E-state index in [1.807, 2.05) is 24.3 Å². The first-order valence-corrected chi connectivity index (χ1v) is 9.59. The summed E-state index contributed by atoms with van der Waals surface area (Å²) in [6.07, 6.45) is 0. The van der Waals surface area contributed by atoms with Gasteiger partial charge in [0.25, 0.3) is 0 Å². The van der Waals surface area contributed by atoms with Crippen LogP contribution in [0.5, 0.6) is 0 Å². The summed E-state index contributed by atoms with van der Waals surface area (Å²) in [6.45, 7) is 5.90. The molecule has 0 amide bonds. The highest BCUT2D eigenvalue weighted by Gasteiger charge is 2.12. The van der Waals surface area contributed by atoms with Crippen LogP contribution < -0.4 is 10.6 Å². The summed E-state index contributed by atoms with van der Waals surface area (Å²) < 4.78 is 5.44. The molecule has 1 aliphatic rings. The van der Waals surface area contributed by atoms with Gasteiger partial charge in [-0.25, -0.2) is 0 Å². The van der Waals surface area contributed by atoms with Crippen molar-refractivity contribution < 1.29 is 4.74 Å². The van der Waals surface area contributed by atoms with Gasteiger partial charge in [-0.3, -0.25) is 9.89 Å². The Hall–Kier alpha value is -2.88. The number of ether oxygens (including phenoxy) is 1. The van der Waals surface area contributed by atoms with Crippen molar-refractivity contribution in [3.8, 4) is 6.07 Å². The van der Waals surface area contributed by atoms with Gasteiger partial charge in [0, 0.05) is 39.8 Å². The first-order chi connectivity index (χ1) is 13.8. The predicted octanol–water partition coefficient (Wildman–Crippen LogP) is 2.26. The molecule has 0 radical (unpaired) electrons. The van der Waals surface area contributed by atoms with Crippen molar-refractivity contribution in [2.75, 3.05) is 33.4 Å². The molecular formula is C22H27N5O. The highest BCUT2D eigenvalue weighted by atomic mass is 16.5. The van der Waals surface area contributed by atoms with E-state index < -0.39 is 0 Å². The number of guanidine groups is 1. The minimum atomic E-state index is 0.654. The summed E-state index contributed by atoms with van der Waals surface area (Å²) in [5.74, 6) is 0.755. The van der Waals surface area contributed by atoms with E-state index in [-0.39, 0.29) is 0 Å². The topological polar surface area (TPSA) is 72.7 Å². The summed E-state index contributed by atoms with van der Waals surface area (Å²) in [4.78, 5) is 6.74. The Bertz CT molecular complexity index is 820. The zero-order valence-electron chi connectivity index (χ0n) is 16.3. The molecule has 1 aliphatic heterocycles. The van der Waals surface area contributed by atoms with Crippen LogP contribution >= 0.6 is 0 Å². The van der Waals surface area contributed by atoms with Gasteiger partial charge in [0.1, 0.15) is 0 Å². The summed E-state index contributed by atoms with van der Waals surface area (Å²) >= 11 is 0. The Balaban J connectivity index is 1.53. The highest BCUT2D eigenvalue weighted by Crippen LogP contribution is 2.13. The smallest absolute Gasteiger partial charge is 0.191 e. The van der Waals surface area contributed by atoms with Crippen molar-refractivity contribution in [3.05, 3.63) is 70.8 Å². The van der Waals surface area contributed by atoms with Crippen LogP contribution in [0.15, 0.2) is 53.5 Å². The third kappa shape index (κ3) is 5.81. The Kier molecular flexibility index (Phi) is 7.42. The maximum atomic E-state index is 8.88. The number of aliphatic imine (C=N–C) groups is 1. The Labute approximate surface area is 166 Å². The maximum absolute atomic E-state index is 8.88. The second kappa shape index (κ2) is 10.5. The molecule has 1 fully saturated rings. The molecule has 2 aromatic rings. The number of nitriles is 1. The van der Waals surface area contributed by atoms with E-state index in [0.717, 1.165) is 44.4 Å². The van der Waals surface area contributed by atoms with Crippen molar-refractivity contribution in [1.82, 2.24) is 15.5 Å². The molecule has 0 aromatic heterocycles. The molecule has 1 saturated heterocycles. The monoisotopic (exact) mass is 377 g/mol. The highest BCUT2D eigenvalue weighted by molar-refractivity contribution is 5.79. The number of morpholine rings is 1. The van der Waals surface area contributed by atoms with Gasteiger partial charge >= 0.3 is 0 Å². The van der Waals surface area contributed by atoms with Crippen LogP contribution in [0.25, 0.3) is 0 Å².